The number of rotatable bonds is 11. The van der Waals surface area contributed by atoms with Crippen molar-refractivity contribution in [1.29, 1.82) is 0 Å². The Hall–Kier alpha value is -4.33. The van der Waals surface area contributed by atoms with Gasteiger partial charge < -0.3 is 19.1 Å². The minimum Gasteiger partial charge on any atom is -0.495 e. The van der Waals surface area contributed by atoms with Crippen LogP contribution in [0.25, 0.3) is 16.6 Å². The van der Waals surface area contributed by atoms with Gasteiger partial charge in [-0.1, -0.05) is 57.4 Å². The van der Waals surface area contributed by atoms with Crippen molar-refractivity contribution in [3.63, 3.8) is 0 Å². The predicted octanol–water partition coefficient (Wildman–Crippen LogP) is 6.30. The molecule has 40 heavy (non-hydrogen) atoms. The monoisotopic (exact) mass is 541 g/mol. The molecule has 8 heteroatoms. The summed E-state index contributed by atoms with van der Waals surface area (Å²) < 4.78 is 18.3. The lowest BCUT2D eigenvalue weighted by molar-refractivity contribution is 0.0654. The van der Waals surface area contributed by atoms with Crippen molar-refractivity contribution in [3.8, 4) is 22.9 Å². The summed E-state index contributed by atoms with van der Waals surface area (Å²) in [6.07, 6.45) is 4.58. The number of para-hydroxylation sites is 3. The fourth-order valence-corrected chi connectivity index (χ4v) is 5.27. The molecule has 0 saturated heterocycles. The Morgan fingerprint density at radius 2 is 1.77 bits per heavy atom. The number of fused-ring (bicyclic) bond motifs is 2. The van der Waals surface area contributed by atoms with Crippen molar-refractivity contribution < 1.29 is 19.0 Å². The van der Waals surface area contributed by atoms with Crippen LogP contribution in [0.15, 0.2) is 71.5 Å². The Kier molecular flexibility index (Phi) is 8.34. The standard InChI is InChI=1S/C32H35N3O5/c1-4-6-7-12-19-34(31(36)22-17-18-28-29(20-22)40-21-39-28)25(5-2)30-33-24-14-9-8-13-23(24)32(37)35(30)26-15-10-11-16-27(26)38-3/h8-11,13-18,20,25H,4-7,12,19,21H2,1-3H3. The van der Waals surface area contributed by atoms with E-state index in [0.29, 0.717) is 58.2 Å². The Labute approximate surface area is 234 Å². The third-order valence-corrected chi connectivity index (χ3v) is 7.32. The number of unbranched alkanes of at least 4 members (excludes halogenated alkanes) is 3. The molecule has 4 aromatic rings. The Balaban J connectivity index is 1.67. The molecular formula is C32H35N3O5. The highest BCUT2D eigenvalue weighted by atomic mass is 16.7. The van der Waals surface area contributed by atoms with E-state index >= 15 is 0 Å². The molecule has 1 atom stereocenters. The van der Waals surface area contributed by atoms with E-state index in [0.717, 1.165) is 25.7 Å². The van der Waals surface area contributed by atoms with Gasteiger partial charge in [-0.25, -0.2) is 4.98 Å². The van der Waals surface area contributed by atoms with Gasteiger partial charge in [0.25, 0.3) is 11.5 Å². The van der Waals surface area contributed by atoms with E-state index in [1.807, 2.05) is 54.3 Å². The average molecular weight is 542 g/mol. The maximum absolute atomic E-state index is 14.2. The molecule has 1 aliphatic heterocycles. The maximum atomic E-state index is 14.2. The number of ether oxygens (including phenoxy) is 3. The fraction of sp³-hybridized carbons (Fsp3) is 0.344. The number of benzene rings is 3. The summed E-state index contributed by atoms with van der Waals surface area (Å²) in [7, 11) is 1.58. The number of methoxy groups -OCH3 is 1. The van der Waals surface area contributed by atoms with Gasteiger partial charge in [0.05, 0.1) is 29.7 Å². The molecule has 3 aromatic carbocycles. The van der Waals surface area contributed by atoms with Crippen molar-refractivity contribution in [3.05, 3.63) is 88.5 Å². The number of hydrogen-bond acceptors (Lipinski definition) is 6. The SMILES string of the molecule is CCCCCCN(C(=O)c1ccc2c(c1)OCO2)C(CC)c1nc2ccccc2c(=O)n1-c1ccccc1OC. The van der Waals surface area contributed by atoms with Gasteiger partial charge >= 0.3 is 0 Å². The molecule has 2 heterocycles. The average Bonchev–Trinajstić information content (AvgIpc) is 3.47. The van der Waals surface area contributed by atoms with E-state index in [-0.39, 0.29) is 18.3 Å². The molecule has 8 nitrogen and oxygen atoms in total. The number of aromatic nitrogens is 2. The highest BCUT2D eigenvalue weighted by Crippen LogP contribution is 2.35. The van der Waals surface area contributed by atoms with Crippen molar-refractivity contribution in [2.75, 3.05) is 20.4 Å². The van der Waals surface area contributed by atoms with Crippen LogP contribution in [0.3, 0.4) is 0 Å². The second kappa shape index (κ2) is 12.2. The first-order valence-electron chi connectivity index (χ1n) is 13.9. The predicted molar refractivity (Wildman–Crippen MR) is 155 cm³/mol. The molecule has 5 rings (SSSR count). The summed E-state index contributed by atoms with van der Waals surface area (Å²) >= 11 is 0. The van der Waals surface area contributed by atoms with E-state index in [4.69, 9.17) is 19.2 Å². The normalized spacial score (nSPS) is 12.9. The molecule has 0 N–H and O–H groups in total. The second-order valence-corrected chi connectivity index (χ2v) is 9.85. The van der Waals surface area contributed by atoms with Crippen molar-refractivity contribution in [2.24, 2.45) is 0 Å². The summed E-state index contributed by atoms with van der Waals surface area (Å²) in [5, 5.41) is 0.503. The third kappa shape index (κ3) is 5.26. The van der Waals surface area contributed by atoms with Gasteiger partial charge in [-0.15, -0.1) is 0 Å². The van der Waals surface area contributed by atoms with E-state index < -0.39 is 6.04 Å². The largest absolute Gasteiger partial charge is 0.495 e. The van der Waals surface area contributed by atoms with E-state index in [2.05, 4.69) is 6.92 Å². The molecule has 0 radical (unpaired) electrons. The molecule has 0 aliphatic carbocycles. The van der Waals surface area contributed by atoms with E-state index in [1.165, 1.54) is 0 Å². The second-order valence-electron chi connectivity index (χ2n) is 9.85. The minimum absolute atomic E-state index is 0.136. The minimum atomic E-state index is -0.471. The Morgan fingerprint density at radius 1 is 1.00 bits per heavy atom. The molecule has 0 bridgehead atoms. The zero-order chi connectivity index (χ0) is 28.1. The molecule has 1 aliphatic rings. The molecule has 0 fully saturated rings. The third-order valence-electron chi connectivity index (χ3n) is 7.32. The number of amides is 1. The summed E-state index contributed by atoms with van der Waals surface area (Å²) in [6.45, 7) is 4.85. The van der Waals surface area contributed by atoms with Crippen LogP contribution in [-0.4, -0.2) is 40.8 Å². The first-order valence-corrected chi connectivity index (χ1v) is 13.9. The van der Waals surface area contributed by atoms with Gasteiger partial charge in [-0.05, 0) is 55.3 Å². The van der Waals surface area contributed by atoms with Gasteiger partial charge in [0.15, 0.2) is 11.5 Å². The van der Waals surface area contributed by atoms with Crippen molar-refractivity contribution >= 4 is 16.8 Å². The van der Waals surface area contributed by atoms with Crippen LogP contribution in [0.1, 0.15) is 68.2 Å². The summed E-state index contributed by atoms with van der Waals surface area (Å²) in [5.41, 5.74) is 1.48. The molecule has 1 amide bonds. The van der Waals surface area contributed by atoms with E-state index in [9.17, 15) is 9.59 Å². The van der Waals surface area contributed by atoms with Crippen LogP contribution >= 0.6 is 0 Å². The maximum Gasteiger partial charge on any atom is 0.266 e. The highest BCUT2D eigenvalue weighted by Gasteiger charge is 2.31. The number of carbonyl (C=O) groups is 1. The molecule has 1 unspecified atom stereocenters. The Morgan fingerprint density at radius 3 is 2.58 bits per heavy atom. The summed E-state index contributed by atoms with van der Waals surface area (Å²) in [4.78, 5) is 35.1. The molecular weight excluding hydrogens is 506 g/mol. The number of carbonyl (C=O) groups excluding carboxylic acids is 1. The molecule has 1 aromatic heterocycles. The zero-order valence-corrected chi connectivity index (χ0v) is 23.3. The highest BCUT2D eigenvalue weighted by molar-refractivity contribution is 5.95. The molecule has 0 saturated carbocycles. The number of hydrogen-bond donors (Lipinski definition) is 0. The van der Waals surface area contributed by atoms with Gasteiger partial charge in [-0.2, -0.15) is 0 Å². The van der Waals surface area contributed by atoms with Gasteiger partial charge in [0.2, 0.25) is 6.79 Å². The first-order chi connectivity index (χ1) is 19.6. The van der Waals surface area contributed by atoms with Gasteiger partial charge in [0.1, 0.15) is 11.6 Å². The van der Waals surface area contributed by atoms with Crippen LogP contribution in [0.2, 0.25) is 0 Å². The lowest BCUT2D eigenvalue weighted by Crippen LogP contribution is -2.39. The summed E-state index contributed by atoms with van der Waals surface area (Å²) in [6, 6.07) is 19.5. The van der Waals surface area contributed by atoms with Crippen LogP contribution in [-0.2, 0) is 0 Å². The molecule has 208 valence electrons. The summed E-state index contributed by atoms with van der Waals surface area (Å²) in [5.74, 6) is 2.09. The van der Waals surface area contributed by atoms with Crippen LogP contribution in [0, 0.1) is 0 Å². The molecule has 0 spiro atoms. The number of nitrogens with zero attached hydrogens (tertiary/aromatic N) is 3. The van der Waals surface area contributed by atoms with Crippen molar-refractivity contribution in [1.82, 2.24) is 14.5 Å². The van der Waals surface area contributed by atoms with Crippen LogP contribution in [0.4, 0.5) is 0 Å². The quantitative estimate of drug-likeness (QED) is 0.207. The fourth-order valence-electron chi connectivity index (χ4n) is 5.27. The lowest BCUT2D eigenvalue weighted by atomic mass is 10.1. The van der Waals surface area contributed by atoms with Crippen LogP contribution in [0.5, 0.6) is 17.2 Å². The van der Waals surface area contributed by atoms with Crippen molar-refractivity contribution in [2.45, 2.75) is 52.0 Å². The Bertz CT molecular complexity index is 1560. The van der Waals surface area contributed by atoms with E-state index in [1.54, 1.807) is 35.9 Å². The zero-order valence-electron chi connectivity index (χ0n) is 23.3. The lowest BCUT2D eigenvalue weighted by Gasteiger charge is -2.33. The topological polar surface area (TPSA) is 82.9 Å². The smallest absolute Gasteiger partial charge is 0.266 e. The first kappa shape index (κ1) is 27.2. The van der Waals surface area contributed by atoms with Crippen LogP contribution < -0.4 is 19.8 Å². The van der Waals surface area contributed by atoms with Gasteiger partial charge in [0, 0.05) is 12.1 Å². The van der Waals surface area contributed by atoms with Gasteiger partial charge in [-0.3, -0.25) is 14.2 Å².